The summed E-state index contributed by atoms with van der Waals surface area (Å²) in [5.74, 6) is 7.13. The Morgan fingerprint density at radius 3 is 2.04 bits per heavy atom. The molecule has 0 spiro atoms. The number of quaternary nitrogens is 1. The van der Waals surface area contributed by atoms with Gasteiger partial charge in [-0.15, -0.1) is 0 Å². The number of nitrogens with zero attached hydrogens (tertiary/aromatic N) is 1. The Kier molecular flexibility index (Phi) is 10.5. The second kappa shape index (κ2) is 12.6. The van der Waals surface area contributed by atoms with Crippen molar-refractivity contribution in [2.24, 2.45) is 5.84 Å². The molecule has 0 amide bonds. The summed E-state index contributed by atoms with van der Waals surface area (Å²) in [5.41, 5.74) is 1.58. The van der Waals surface area contributed by atoms with Crippen LogP contribution in [0.15, 0.2) is 30.3 Å². The Morgan fingerprint density at radius 1 is 0.821 bits per heavy atom. The molecule has 1 unspecified atom stereocenters. The number of hydrogen-bond acceptors (Lipinski definition) is 2. The van der Waals surface area contributed by atoms with Crippen LogP contribution < -0.4 is 5.84 Å². The molecule has 0 saturated carbocycles. The van der Waals surface area contributed by atoms with Crippen LogP contribution in [0.5, 0.6) is 0 Å². The van der Waals surface area contributed by atoms with Gasteiger partial charge in [-0.05, 0) is 12.0 Å². The normalized spacial score (nSPS) is 18.7. The van der Waals surface area contributed by atoms with E-state index in [0.717, 1.165) is 32.7 Å². The number of ether oxygens (including phenoxy) is 1. The van der Waals surface area contributed by atoms with Crippen LogP contribution in [0.2, 0.25) is 0 Å². The molecule has 28 heavy (non-hydrogen) atoms. The topological polar surface area (TPSA) is 35.2 Å². The van der Waals surface area contributed by atoms with E-state index in [4.69, 9.17) is 10.6 Å². The average molecular weight is 390 g/mol. The van der Waals surface area contributed by atoms with Crippen molar-refractivity contribution in [1.82, 2.24) is 0 Å². The first-order valence-corrected chi connectivity index (χ1v) is 11.9. The molecule has 1 aliphatic rings. The van der Waals surface area contributed by atoms with Gasteiger partial charge in [0, 0.05) is 19.3 Å². The molecule has 1 heterocycles. The van der Waals surface area contributed by atoms with Crippen molar-refractivity contribution in [3.05, 3.63) is 35.9 Å². The van der Waals surface area contributed by atoms with Crippen molar-refractivity contribution in [1.29, 1.82) is 0 Å². The SMILES string of the molecule is CCCCCCCCCCC(CCC)(Cc1ccccc1)[N+]1(N)CCOCC1. The zero-order valence-corrected chi connectivity index (χ0v) is 18.6. The number of rotatable bonds is 14. The maximum absolute atomic E-state index is 7.13. The van der Waals surface area contributed by atoms with Crippen molar-refractivity contribution in [3.8, 4) is 0 Å². The van der Waals surface area contributed by atoms with E-state index in [1.54, 1.807) is 0 Å². The van der Waals surface area contributed by atoms with E-state index in [2.05, 4.69) is 44.2 Å². The van der Waals surface area contributed by atoms with Crippen LogP contribution in [0.25, 0.3) is 0 Å². The number of benzene rings is 1. The van der Waals surface area contributed by atoms with Gasteiger partial charge in [0.1, 0.15) is 18.6 Å². The minimum atomic E-state index is 0.141. The fourth-order valence-corrected chi connectivity index (χ4v) is 5.08. The third-order valence-corrected chi connectivity index (χ3v) is 6.80. The molecule has 3 nitrogen and oxygen atoms in total. The zero-order valence-electron chi connectivity index (χ0n) is 18.6. The first-order valence-electron chi connectivity index (χ1n) is 11.9. The molecule has 2 N–H and O–H groups in total. The van der Waals surface area contributed by atoms with Gasteiger partial charge in [-0.1, -0.05) is 95.5 Å². The molecule has 1 fully saturated rings. The maximum atomic E-state index is 7.13. The van der Waals surface area contributed by atoms with E-state index in [9.17, 15) is 0 Å². The lowest BCUT2D eigenvalue weighted by molar-refractivity contribution is -0.994. The molecule has 160 valence electrons. The standard InChI is InChI=1S/C25H45N2O/c1-3-5-6-7-8-9-10-14-18-25(17-4-2,23-24-15-12-11-13-16-24)27(26)19-21-28-22-20-27/h11-13,15-16H,3-10,14,17-23,26H2,1-2H3/q+1. The summed E-state index contributed by atoms with van der Waals surface area (Å²) in [6.07, 6.45) is 15.7. The van der Waals surface area contributed by atoms with Crippen molar-refractivity contribution in [2.75, 3.05) is 26.3 Å². The van der Waals surface area contributed by atoms with Gasteiger partial charge in [0.25, 0.3) is 0 Å². The first-order chi connectivity index (χ1) is 13.7. The predicted octanol–water partition coefficient (Wildman–Crippen LogP) is 6.02. The Hall–Kier alpha value is -0.900. The van der Waals surface area contributed by atoms with Crippen LogP contribution in [-0.2, 0) is 11.2 Å². The number of unbranched alkanes of at least 4 members (excludes halogenated alkanes) is 7. The Labute approximate surface area is 174 Å². The Bertz CT molecular complexity index is 513. The number of nitrogens with two attached hydrogens (primary N) is 1. The van der Waals surface area contributed by atoms with Crippen molar-refractivity contribution < 1.29 is 9.33 Å². The van der Waals surface area contributed by atoms with Gasteiger partial charge in [0.15, 0.2) is 0 Å². The molecule has 2 rings (SSSR count). The van der Waals surface area contributed by atoms with E-state index in [0.29, 0.717) is 4.59 Å². The molecule has 1 atom stereocenters. The second-order valence-corrected chi connectivity index (χ2v) is 8.96. The van der Waals surface area contributed by atoms with Gasteiger partial charge in [0.2, 0.25) is 0 Å². The lowest BCUT2D eigenvalue weighted by Gasteiger charge is -2.52. The molecular weight excluding hydrogens is 344 g/mol. The van der Waals surface area contributed by atoms with Gasteiger partial charge in [0.05, 0.1) is 13.2 Å². The zero-order chi connectivity index (χ0) is 20.1. The Morgan fingerprint density at radius 2 is 1.43 bits per heavy atom. The minimum absolute atomic E-state index is 0.141. The predicted molar refractivity (Wildman–Crippen MR) is 120 cm³/mol. The van der Waals surface area contributed by atoms with E-state index in [1.807, 2.05) is 0 Å². The quantitative estimate of drug-likeness (QED) is 0.240. The molecule has 3 heteroatoms. The summed E-state index contributed by atoms with van der Waals surface area (Å²) >= 11 is 0. The van der Waals surface area contributed by atoms with E-state index in [-0.39, 0.29) is 5.54 Å². The monoisotopic (exact) mass is 389 g/mol. The van der Waals surface area contributed by atoms with Crippen LogP contribution in [0.4, 0.5) is 0 Å². The van der Waals surface area contributed by atoms with Gasteiger partial charge < -0.3 is 4.74 Å². The summed E-state index contributed by atoms with van der Waals surface area (Å²) in [7, 11) is 0. The van der Waals surface area contributed by atoms with Crippen molar-refractivity contribution in [2.45, 2.75) is 96.4 Å². The molecule has 1 saturated heterocycles. The van der Waals surface area contributed by atoms with Gasteiger partial charge in [-0.2, -0.15) is 5.84 Å². The minimum Gasteiger partial charge on any atom is -0.370 e. The highest BCUT2D eigenvalue weighted by Crippen LogP contribution is 2.36. The summed E-state index contributed by atoms with van der Waals surface area (Å²) in [6, 6.07) is 11.0. The third kappa shape index (κ3) is 6.86. The molecule has 1 aromatic carbocycles. The van der Waals surface area contributed by atoms with Crippen LogP contribution in [0.3, 0.4) is 0 Å². The summed E-state index contributed by atoms with van der Waals surface area (Å²) < 4.78 is 6.38. The average Bonchev–Trinajstić information content (AvgIpc) is 2.71. The molecule has 0 aliphatic carbocycles. The summed E-state index contributed by atoms with van der Waals surface area (Å²) in [6.45, 7) is 8.10. The van der Waals surface area contributed by atoms with E-state index >= 15 is 0 Å². The van der Waals surface area contributed by atoms with Crippen LogP contribution in [0.1, 0.15) is 90.0 Å². The summed E-state index contributed by atoms with van der Waals surface area (Å²) in [5, 5.41) is 0. The van der Waals surface area contributed by atoms with Crippen LogP contribution in [-0.4, -0.2) is 36.4 Å². The van der Waals surface area contributed by atoms with Crippen molar-refractivity contribution in [3.63, 3.8) is 0 Å². The fraction of sp³-hybridized carbons (Fsp3) is 0.760. The van der Waals surface area contributed by atoms with Crippen LogP contribution in [0, 0.1) is 0 Å². The number of hydrogen-bond donors (Lipinski definition) is 1. The molecule has 1 aromatic rings. The second-order valence-electron chi connectivity index (χ2n) is 8.96. The van der Waals surface area contributed by atoms with Gasteiger partial charge in [-0.3, -0.25) is 0 Å². The largest absolute Gasteiger partial charge is 0.370 e. The molecule has 0 aromatic heterocycles. The highest BCUT2D eigenvalue weighted by atomic mass is 16.5. The maximum Gasteiger partial charge on any atom is 0.121 e. The number of morpholine rings is 1. The van der Waals surface area contributed by atoms with E-state index in [1.165, 1.54) is 76.2 Å². The van der Waals surface area contributed by atoms with Crippen molar-refractivity contribution >= 4 is 0 Å². The lowest BCUT2D eigenvalue weighted by Crippen LogP contribution is -2.73. The molecular formula is C25H45N2O+. The molecule has 0 radical (unpaired) electrons. The highest BCUT2D eigenvalue weighted by molar-refractivity contribution is 5.17. The van der Waals surface area contributed by atoms with E-state index < -0.39 is 0 Å². The lowest BCUT2D eigenvalue weighted by atomic mass is 9.79. The highest BCUT2D eigenvalue weighted by Gasteiger charge is 2.49. The summed E-state index contributed by atoms with van der Waals surface area (Å²) in [4.78, 5) is 0. The van der Waals surface area contributed by atoms with Crippen LogP contribution >= 0.6 is 0 Å². The van der Waals surface area contributed by atoms with Gasteiger partial charge >= 0.3 is 0 Å². The molecule has 1 aliphatic heterocycles. The fourth-order valence-electron chi connectivity index (χ4n) is 5.08. The Balaban J connectivity index is 2.01. The first kappa shape index (κ1) is 23.4. The molecule has 0 bridgehead atoms. The smallest absolute Gasteiger partial charge is 0.121 e. The van der Waals surface area contributed by atoms with Gasteiger partial charge in [-0.25, -0.2) is 4.59 Å². The third-order valence-electron chi connectivity index (χ3n) is 6.80.